The molecule has 0 bridgehead atoms. The van der Waals surface area contributed by atoms with Crippen LogP contribution in [0.3, 0.4) is 0 Å². The Kier molecular flexibility index (Phi) is 5.89. The van der Waals surface area contributed by atoms with Gasteiger partial charge in [-0.3, -0.25) is 4.79 Å². The Bertz CT molecular complexity index is 1040. The number of ether oxygens (including phenoxy) is 1. The number of rotatable bonds is 8. The first-order valence-corrected chi connectivity index (χ1v) is 11.2. The lowest BCUT2D eigenvalue weighted by Gasteiger charge is -2.06. The zero-order valence-corrected chi connectivity index (χ0v) is 17.4. The molecular formula is C18H16N4O3S3. The minimum atomic E-state index is -0.319. The predicted octanol–water partition coefficient (Wildman–Crippen LogP) is 4.58. The van der Waals surface area contributed by atoms with Gasteiger partial charge in [-0.2, -0.15) is 0 Å². The molecule has 0 saturated carbocycles. The summed E-state index contributed by atoms with van der Waals surface area (Å²) in [6.45, 7) is 2.89. The first-order chi connectivity index (χ1) is 13.7. The topological polar surface area (TPSA) is 83.0 Å². The summed E-state index contributed by atoms with van der Waals surface area (Å²) in [7, 11) is 0. The van der Waals surface area contributed by atoms with Crippen molar-refractivity contribution in [2.24, 2.45) is 0 Å². The Labute approximate surface area is 173 Å². The van der Waals surface area contributed by atoms with Crippen molar-refractivity contribution in [3.8, 4) is 21.5 Å². The number of nitrogens with zero attached hydrogens (tertiary/aromatic N) is 4. The van der Waals surface area contributed by atoms with E-state index in [1.54, 1.807) is 17.6 Å². The SMILES string of the molecule is CCn1c(SCC(=O)OCc2csc(-c3ccco3)n2)nnc1-c1cccs1. The molecule has 0 fully saturated rings. The maximum absolute atomic E-state index is 12.1. The van der Waals surface area contributed by atoms with Crippen LogP contribution in [-0.2, 0) is 22.7 Å². The lowest BCUT2D eigenvalue weighted by Crippen LogP contribution is -2.08. The van der Waals surface area contributed by atoms with Gasteiger partial charge in [0.25, 0.3) is 0 Å². The van der Waals surface area contributed by atoms with Gasteiger partial charge in [-0.25, -0.2) is 4.98 Å². The summed E-state index contributed by atoms with van der Waals surface area (Å²) in [5.41, 5.74) is 0.700. The van der Waals surface area contributed by atoms with Crippen LogP contribution in [-0.4, -0.2) is 31.5 Å². The van der Waals surface area contributed by atoms with Crippen molar-refractivity contribution in [2.45, 2.75) is 25.2 Å². The second-order valence-corrected chi connectivity index (χ2v) is 8.35. The molecule has 4 rings (SSSR count). The van der Waals surface area contributed by atoms with Gasteiger partial charge in [-0.05, 0) is 30.5 Å². The fourth-order valence-corrected chi connectivity index (χ4v) is 4.76. The number of furan rings is 1. The van der Waals surface area contributed by atoms with E-state index >= 15 is 0 Å². The smallest absolute Gasteiger partial charge is 0.316 e. The van der Waals surface area contributed by atoms with Gasteiger partial charge in [0.1, 0.15) is 6.61 Å². The van der Waals surface area contributed by atoms with E-state index < -0.39 is 0 Å². The summed E-state index contributed by atoms with van der Waals surface area (Å²) in [6, 6.07) is 7.65. The van der Waals surface area contributed by atoms with Gasteiger partial charge in [-0.15, -0.1) is 32.9 Å². The van der Waals surface area contributed by atoms with Crippen molar-refractivity contribution in [1.82, 2.24) is 19.7 Å². The summed E-state index contributed by atoms with van der Waals surface area (Å²) in [4.78, 5) is 17.6. The molecule has 28 heavy (non-hydrogen) atoms. The fourth-order valence-electron chi connectivity index (χ4n) is 2.47. The third kappa shape index (κ3) is 4.18. The fraction of sp³-hybridized carbons (Fsp3) is 0.222. The second-order valence-electron chi connectivity index (χ2n) is 5.60. The molecule has 144 valence electrons. The Morgan fingerprint density at radius 1 is 1.29 bits per heavy atom. The molecular weight excluding hydrogens is 416 g/mol. The number of hydrogen-bond donors (Lipinski definition) is 0. The molecule has 0 unspecified atom stereocenters. The number of hydrogen-bond acceptors (Lipinski definition) is 9. The molecule has 4 aromatic heterocycles. The molecule has 0 spiro atoms. The number of carbonyl (C=O) groups excluding carboxylic acids is 1. The normalized spacial score (nSPS) is 11.0. The largest absolute Gasteiger partial charge is 0.462 e. The minimum Gasteiger partial charge on any atom is -0.462 e. The number of aromatic nitrogens is 4. The monoisotopic (exact) mass is 432 g/mol. The molecule has 0 aromatic carbocycles. The van der Waals surface area contributed by atoms with E-state index in [0.717, 1.165) is 22.3 Å². The van der Waals surface area contributed by atoms with Crippen LogP contribution in [0.25, 0.3) is 21.5 Å². The third-order valence-corrected chi connectivity index (χ3v) is 6.47. The van der Waals surface area contributed by atoms with Gasteiger partial charge >= 0.3 is 5.97 Å². The molecule has 4 aromatic rings. The van der Waals surface area contributed by atoms with Crippen LogP contribution in [0.4, 0.5) is 0 Å². The maximum Gasteiger partial charge on any atom is 0.316 e. The van der Waals surface area contributed by atoms with E-state index in [9.17, 15) is 4.79 Å². The Hall–Kier alpha value is -2.43. The van der Waals surface area contributed by atoms with E-state index in [1.807, 2.05) is 46.5 Å². The first kappa shape index (κ1) is 18.9. The van der Waals surface area contributed by atoms with Crippen molar-refractivity contribution >= 4 is 40.4 Å². The molecule has 0 N–H and O–H groups in total. The molecule has 0 radical (unpaired) electrons. The van der Waals surface area contributed by atoms with Crippen LogP contribution in [0.2, 0.25) is 0 Å². The second kappa shape index (κ2) is 8.72. The highest BCUT2D eigenvalue weighted by molar-refractivity contribution is 7.99. The van der Waals surface area contributed by atoms with E-state index in [4.69, 9.17) is 9.15 Å². The molecule has 0 atom stereocenters. The van der Waals surface area contributed by atoms with Gasteiger partial charge < -0.3 is 13.7 Å². The molecule has 4 heterocycles. The van der Waals surface area contributed by atoms with Crippen LogP contribution in [0.15, 0.2) is 50.9 Å². The van der Waals surface area contributed by atoms with E-state index in [1.165, 1.54) is 23.1 Å². The molecule has 0 saturated heterocycles. The Balaban J connectivity index is 1.31. The highest BCUT2D eigenvalue weighted by atomic mass is 32.2. The first-order valence-electron chi connectivity index (χ1n) is 8.48. The summed E-state index contributed by atoms with van der Waals surface area (Å²) >= 11 is 4.39. The number of esters is 1. The van der Waals surface area contributed by atoms with E-state index in [0.29, 0.717) is 16.6 Å². The molecule has 0 aliphatic heterocycles. The molecule has 0 amide bonds. The average molecular weight is 433 g/mol. The van der Waals surface area contributed by atoms with Gasteiger partial charge in [-0.1, -0.05) is 17.8 Å². The lowest BCUT2D eigenvalue weighted by atomic mass is 10.4. The number of thiophene rings is 1. The predicted molar refractivity (Wildman–Crippen MR) is 109 cm³/mol. The van der Waals surface area contributed by atoms with Crippen LogP contribution < -0.4 is 0 Å². The van der Waals surface area contributed by atoms with Crippen LogP contribution in [0.1, 0.15) is 12.6 Å². The lowest BCUT2D eigenvalue weighted by molar-refractivity contribution is -0.141. The van der Waals surface area contributed by atoms with Crippen molar-refractivity contribution in [2.75, 3.05) is 5.75 Å². The summed E-state index contributed by atoms with van der Waals surface area (Å²) in [5.74, 6) is 1.37. The van der Waals surface area contributed by atoms with Gasteiger partial charge in [0, 0.05) is 11.9 Å². The van der Waals surface area contributed by atoms with Gasteiger partial charge in [0.2, 0.25) is 0 Å². The van der Waals surface area contributed by atoms with Crippen LogP contribution in [0, 0.1) is 0 Å². The van der Waals surface area contributed by atoms with Crippen molar-refractivity contribution < 1.29 is 13.9 Å². The van der Waals surface area contributed by atoms with Crippen molar-refractivity contribution in [3.05, 3.63) is 47.0 Å². The quantitative estimate of drug-likeness (QED) is 0.298. The summed E-state index contributed by atoms with van der Waals surface area (Å²) in [6.07, 6.45) is 1.60. The Morgan fingerprint density at radius 2 is 2.21 bits per heavy atom. The summed E-state index contributed by atoms with van der Waals surface area (Å²) in [5, 5.41) is 13.8. The van der Waals surface area contributed by atoms with Crippen LogP contribution >= 0.6 is 34.4 Å². The van der Waals surface area contributed by atoms with Crippen LogP contribution in [0.5, 0.6) is 0 Å². The number of thioether (sulfide) groups is 1. The molecule has 10 heteroatoms. The Morgan fingerprint density at radius 3 is 2.96 bits per heavy atom. The van der Waals surface area contributed by atoms with Crippen molar-refractivity contribution in [1.29, 1.82) is 0 Å². The molecule has 0 aliphatic carbocycles. The average Bonchev–Trinajstić information content (AvgIpc) is 3.49. The maximum atomic E-state index is 12.1. The summed E-state index contributed by atoms with van der Waals surface area (Å²) < 4.78 is 12.7. The van der Waals surface area contributed by atoms with Crippen molar-refractivity contribution in [3.63, 3.8) is 0 Å². The van der Waals surface area contributed by atoms with Gasteiger partial charge in [0.05, 0.1) is 22.6 Å². The van der Waals surface area contributed by atoms with E-state index in [2.05, 4.69) is 15.2 Å². The number of carbonyl (C=O) groups is 1. The van der Waals surface area contributed by atoms with E-state index in [-0.39, 0.29) is 18.3 Å². The number of thiazole rings is 1. The standard InChI is InChI=1S/C18H16N4O3S3/c1-2-22-16(14-6-4-8-26-14)20-21-18(22)28-11-15(23)25-9-12-10-27-17(19-12)13-5-3-7-24-13/h3-8,10H,2,9,11H2,1H3. The highest BCUT2D eigenvalue weighted by Gasteiger charge is 2.16. The minimum absolute atomic E-state index is 0.136. The zero-order valence-electron chi connectivity index (χ0n) is 14.9. The third-order valence-electron chi connectivity index (χ3n) is 3.76. The molecule has 0 aliphatic rings. The van der Waals surface area contributed by atoms with Gasteiger partial charge in [0.15, 0.2) is 21.7 Å². The highest BCUT2D eigenvalue weighted by Crippen LogP contribution is 2.27. The molecule has 7 nitrogen and oxygen atoms in total. The zero-order chi connectivity index (χ0) is 19.3.